The zero-order valence-electron chi connectivity index (χ0n) is 9.57. The van der Waals surface area contributed by atoms with Crippen LogP contribution in [-0.2, 0) is 0 Å². The largest absolute Gasteiger partial charge is 0.369 e. The van der Waals surface area contributed by atoms with E-state index in [0.717, 1.165) is 23.6 Å². The molecule has 0 saturated carbocycles. The second-order valence-corrected chi connectivity index (χ2v) is 3.70. The van der Waals surface area contributed by atoms with Crippen LogP contribution in [0.3, 0.4) is 0 Å². The highest BCUT2D eigenvalue weighted by Crippen LogP contribution is 2.17. The third kappa shape index (κ3) is 2.37. The van der Waals surface area contributed by atoms with Crippen molar-refractivity contribution in [3.8, 4) is 11.3 Å². The van der Waals surface area contributed by atoms with Gasteiger partial charge in [0, 0.05) is 12.1 Å². The van der Waals surface area contributed by atoms with Gasteiger partial charge >= 0.3 is 0 Å². The highest BCUT2D eigenvalue weighted by Gasteiger charge is 1.99. The van der Waals surface area contributed by atoms with Gasteiger partial charge in [0.25, 0.3) is 0 Å². The second-order valence-electron chi connectivity index (χ2n) is 3.70. The predicted octanol–water partition coefficient (Wildman–Crippen LogP) is 2.88. The molecule has 0 saturated heterocycles. The Morgan fingerprint density at radius 2 is 1.75 bits per heavy atom. The van der Waals surface area contributed by atoms with Gasteiger partial charge in [0.15, 0.2) is 0 Å². The van der Waals surface area contributed by atoms with E-state index in [-0.39, 0.29) is 0 Å². The average molecular weight is 213 g/mol. The monoisotopic (exact) mass is 213 g/mol. The van der Waals surface area contributed by atoms with Gasteiger partial charge in [-0.3, -0.25) is 0 Å². The van der Waals surface area contributed by atoms with Crippen molar-refractivity contribution in [2.24, 2.45) is 0 Å². The summed E-state index contributed by atoms with van der Waals surface area (Å²) in [6.45, 7) is 4.97. The summed E-state index contributed by atoms with van der Waals surface area (Å²) in [6, 6.07) is 12.2. The maximum atomic E-state index is 4.18. The molecule has 0 aliphatic heterocycles. The van der Waals surface area contributed by atoms with Crippen LogP contribution in [0.15, 0.2) is 36.4 Å². The van der Waals surface area contributed by atoms with E-state index in [1.807, 2.05) is 19.1 Å². The SMILES string of the molecule is CCNc1ccc(-c2ccc(C)cc2)nn1. The maximum Gasteiger partial charge on any atom is 0.148 e. The summed E-state index contributed by atoms with van der Waals surface area (Å²) in [5.41, 5.74) is 3.25. The van der Waals surface area contributed by atoms with E-state index < -0.39 is 0 Å². The van der Waals surface area contributed by atoms with Crippen molar-refractivity contribution in [3.05, 3.63) is 42.0 Å². The first-order chi connectivity index (χ1) is 7.79. The Kier molecular flexibility index (Phi) is 3.15. The summed E-state index contributed by atoms with van der Waals surface area (Å²) < 4.78 is 0. The maximum absolute atomic E-state index is 4.18. The number of rotatable bonds is 3. The number of benzene rings is 1. The minimum atomic E-state index is 0.818. The van der Waals surface area contributed by atoms with Crippen LogP contribution in [0.2, 0.25) is 0 Å². The van der Waals surface area contributed by atoms with Crippen molar-refractivity contribution < 1.29 is 0 Å². The number of anilines is 1. The molecular weight excluding hydrogens is 198 g/mol. The third-order valence-electron chi connectivity index (χ3n) is 2.37. The van der Waals surface area contributed by atoms with Crippen LogP contribution < -0.4 is 5.32 Å². The van der Waals surface area contributed by atoms with Gasteiger partial charge in [-0.05, 0) is 26.0 Å². The van der Waals surface area contributed by atoms with E-state index in [0.29, 0.717) is 0 Å². The number of hydrogen-bond donors (Lipinski definition) is 1. The quantitative estimate of drug-likeness (QED) is 0.851. The lowest BCUT2D eigenvalue weighted by Crippen LogP contribution is -2.00. The molecule has 2 aromatic rings. The zero-order chi connectivity index (χ0) is 11.4. The smallest absolute Gasteiger partial charge is 0.148 e. The molecule has 3 nitrogen and oxygen atoms in total. The number of nitrogens with zero attached hydrogens (tertiary/aromatic N) is 2. The lowest BCUT2D eigenvalue weighted by molar-refractivity contribution is 1.02. The summed E-state index contributed by atoms with van der Waals surface area (Å²) in [5, 5.41) is 11.4. The fraction of sp³-hybridized carbons (Fsp3) is 0.231. The standard InChI is InChI=1S/C13H15N3/c1-3-14-13-9-8-12(15-16-13)11-6-4-10(2)5-7-11/h4-9H,3H2,1-2H3,(H,14,16). The van der Waals surface area contributed by atoms with Crippen LogP contribution in [0, 0.1) is 6.92 Å². The highest BCUT2D eigenvalue weighted by molar-refractivity contribution is 5.59. The molecule has 0 unspecified atom stereocenters. The number of hydrogen-bond acceptors (Lipinski definition) is 3. The van der Waals surface area contributed by atoms with Crippen molar-refractivity contribution >= 4 is 5.82 Å². The van der Waals surface area contributed by atoms with Gasteiger partial charge < -0.3 is 5.32 Å². The minimum absolute atomic E-state index is 0.818. The van der Waals surface area contributed by atoms with E-state index in [1.165, 1.54) is 5.56 Å². The van der Waals surface area contributed by atoms with Crippen molar-refractivity contribution in [1.82, 2.24) is 10.2 Å². The molecule has 3 heteroatoms. The molecule has 0 aliphatic rings. The van der Waals surface area contributed by atoms with Crippen LogP contribution in [-0.4, -0.2) is 16.7 Å². The fourth-order valence-corrected chi connectivity index (χ4v) is 1.49. The van der Waals surface area contributed by atoms with Crippen LogP contribution in [0.25, 0.3) is 11.3 Å². The zero-order valence-corrected chi connectivity index (χ0v) is 9.57. The Morgan fingerprint density at radius 1 is 1.00 bits per heavy atom. The summed E-state index contributed by atoms with van der Waals surface area (Å²) in [4.78, 5) is 0. The molecule has 0 atom stereocenters. The van der Waals surface area contributed by atoms with E-state index in [2.05, 4.69) is 46.7 Å². The molecule has 82 valence electrons. The van der Waals surface area contributed by atoms with Gasteiger partial charge in [0.05, 0.1) is 5.69 Å². The van der Waals surface area contributed by atoms with Gasteiger partial charge in [0.2, 0.25) is 0 Å². The number of nitrogens with one attached hydrogen (secondary N) is 1. The first-order valence-electron chi connectivity index (χ1n) is 5.44. The van der Waals surface area contributed by atoms with Gasteiger partial charge in [-0.25, -0.2) is 0 Å². The van der Waals surface area contributed by atoms with Gasteiger partial charge in [-0.2, -0.15) is 0 Å². The molecule has 0 spiro atoms. The molecule has 0 aliphatic carbocycles. The van der Waals surface area contributed by atoms with E-state index in [1.54, 1.807) is 0 Å². The van der Waals surface area contributed by atoms with Gasteiger partial charge in [0.1, 0.15) is 5.82 Å². The first kappa shape index (κ1) is 10.6. The molecule has 0 amide bonds. The second kappa shape index (κ2) is 4.75. The molecule has 1 aromatic carbocycles. The van der Waals surface area contributed by atoms with Crippen molar-refractivity contribution in [3.63, 3.8) is 0 Å². The molecule has 1 aromatic heterocycles. The molecule has 0 fully saturated rings. The summed E-state index contributed by atoms with van der Waals surface area (Å²) in [5.74, 6) is 0.818. The van der Waals surface area contributed by atoms with Crippen molar-refractivity contribution in [2.75, 3.05) is 11.9 Å². The van der Waals surface area contributed by atoms with Crippen LogP contribution >= 0.6 is 0 Å². The van der Waals surface area contributed by atoms with Crippen molar-refractivity contribution in [2.45, 2.75) is 13.8 Å². The Morgan fingerprint density at radius 3 is 2.31 bits per heavy atom. The molecular formula is C13H15N3. The fourth-order valence-electron chi connectivity index (χ4n) is 1.49. The summed E-state index contributed by atoms with van der Waals surface area (Å²) in [7, 11) is 0. The Bertz CT molecular complexity index is 446. The van der Waals surface area contributed by atoms with Gasteiger partial charge in [-0.15, -0.1) is 10.2 Å². The van der Waals surface area contributed by atoms with Crippen molar-refractivity contribution in [1.29, 1.82) is 0 Å². The average Bonchev–Trinajstić information content (AvgIpc) is 2.32. The Labute approximate surface area is 95.5 Å². The van der Waals surface area contributed by atoms with Crippen LogP contribution in [0.5, 0.6) is 0 Å². The normalized spacial score (nSPS) is 10.1. The molecule has 0 bridgehead atoms. The predicted molar refractivity (Wildman–Crippen MR) is 66.4 cm³/mol. The van der Waals surface area contributed by atoms with E-state index >= 15 is 0 Å². The van der Waals surface area contributed by atoms with E-state index in [9.17, 15) is 0 Å². The lowest BCUT2D eigenvalue weighted by Gasteiger charge is -2.03. The van der Waals surface area contributed by atoms with Crippen LogP contribution in [0.1, 0.15) is 12.5 Å². The van der Waals surface area contributed by atoms with Gasteiger partial charge in [-0.1, -0.05) is 29.8 Å². The molecule has 1 N–H and O–H groups in total. The molecule has 16 heavy (non-hydrogen) atoms. The first-order valence-corrected chi connectivity index (χ1v) is 5.44. The Balaban J connectivity index is 2.24. The summed E-state index contributed by atoms with van der Waals surface area (Å²) >= 11 is 0. The van der Waals surface area contributed by atoms with E-state index in [4.69, 9.17) is 0 Å². The van der Waals surface area contributed by atoms with Crippen LogP contribution in [0.4, 0.5) is 5.82 Å². The highest BCUT2D eigenvalue weighted by atomic mass is 15.2. The summed E-state index contributed by atoms with van der Waals surface area (Å²) in [6.07, 6.45) is 0. The third-order valence-corrected chi connectivity index (χ3v) is 2.37. The topological polar surface area (TPSA) is 37.8 Å². The lowest BCUT2D eigenvalue weighted by atomic mass is 10.1. The molecule has 0 radical (unpaired) electrons. The Hall–Kier alpha value is -1.90. The molecule has 1 heterocycles. The molecule has 2 rings (SSSR count). The number of aromatic nitrogens is 2. The minimum Gasteiger partial charge on any atom is -0.369 e. The number of aryl methyl sites for hydroxylation is 1.